The molecule has 0 saturated heterocycles. The van der Waals surface area contributed by atoms with Crippen LogP contribution >= 0.6 is 11.6 Å². The van der Waals surface area contributed by atoms with Crippen LogP contribution in [0.15, 0.2) is 0 Å². The van der Waals surface area contributed by atoms with Gasteiger partial charge in [0.15, 0.2) is 0 Å². The second-order valence-electron chi connectivity index (χ2n) is 5.74. The number of rotatable bonds is 9. The average molecular weight is 322 g/mol. The second-order valence-corrected chi connectivity index (χ2v) is 6.30. The van der Waals surface area contributed by atoms with E-state index in [1.54, 1.807) is 0 Å². The van der Waals surface area contributed by atoms with Gasteiger partial charge in [0.25, 0.3) is 0 Å². The molecule has 1 aliphatic carbocycles. The van der Waals surface area contributed by atoms with Crippen LogP contribution in [-0.4, -0.2) is 35.1 Å². The molecule has 1 aliphatic rings. The van der Waals surface area contributed by atoms with E-state index in [4.69, 9.17) is 16.7 Å². The summed E-state index contributed by atoms with van der Waals surface area (Å²) >= 11 is 6.05. The van der Waals surface area contributed by atoms with Gasteiger partial charge in [-0.15, -0.1) is 11.6 Å². The number of hydrogen-bond donors (Lipinski definition) is 2. The average Bonchev–Trinajstić information content (AvgIpc) is 2.41. The van der Waals surface area contributed by atoms with Gasteiger partial charge in [-0.1, -0.05) is 19.3 Å². The fourth-order valence-electron chi connectivity index (χ4n) is 2.64. The molecule has 0 aromatic heterocycles. The van der Waals surface area contributed by atoms with Gasteiger partial charge in [-0.3, -0.25) is 9.59 Å². The monoisotopic (exact) mass is 321 g/mol. The van der Waals surface area contributed by atoms with Crippen molar-refractivity contribution in [2.45, 2.75) is 69.3 Å². The maximum atomic E-state index is 13.1. The molecule has 6 heteroatoms. The fourth-order valence-corrected chi connectivity index (χ4v) is 3.07. The van der Waals surface area contributed by atoms with E-state index in [9.17, 15) is 14.0 Å². The second kappa shape index (κ2) is 9.98. The smallest absolute Gasteiger partial charge is 0.303 e. The first kappa shape index (κ1) is 18.2. The summed E-state index contributed by atoms with van der Waals surface area (Å²) in [5, 5.41) is 11.0. The highest BCUT2D eigenvalue weighted by molar-refractivity contribution is 6.22. The Hall–Kier alpha value is -0.840. The molecule has 0 radical (unpaired) electrons. The molecule has 0 bridgehead atoms. The number of carboxylic acids is 1. The van der Waals surface area contributed by atoms with Crippen LogP contribution < -0.4 is 5.32 Å². The van der Waals surface area contributed by atoms with Gasteiger partial charge in [-0.2, -0.15) is 0 Å². The Kier molecular flexibility index (Phi) is 8.66. The Labute approximate surface area is 130 Å². The minimum absolute atomic E-state index is 0.0622. The molecule has 3 atom stereocenters. The molecule has 1 rings (SSSR count). The highest BCUT2D eigenvalue weighted by atomic mass is 35.5. The highest BCUT2D eigenvalue weighted by Crippen LogP contribution is 2.30. The van der Waals surface area contributed by atoms with Gasteiger partial charge < -0.3 is 10.4 Å². The number of carbonyl (C=O) groups is 2. The van der Waals surface area contributed by atoms with E-state index in [1.807, 2.05) is 0 Å². The predicted molar refractivity (Wildman–Crippen MR) is 80.2 cm³/mol. The first-order chi connectivity index (χ1) is 10.0. The van der Waals surface area contributed by atoms with Gasteiger partial charge in [0.05, 0.1) is 5.92 Å². The van der Waals surface area contributed by atoms with Gasteiger partial charge in [0.1, 0.15) is 6.17 Å². The fraction of sp³-hybridized carbons (Fsp3) is 0.867. The molecular weight excluding hydrogens is 297 g/mol. The van der Waals surface area contributed by atoms with Crippen molar-refractivity contribution in [3.05, 3.63) is 0 Å². The molecule has 1 saturated carbocycles. The van der Waals surface area contributed by atoms with Gasteiger partial charge in [0, 0.05) is 18.3 Å². The van der Waals surface area contributed by atoms with Crippen molar-refractivity contribution in [2.75, 3.05) is 6.54 Å². The van der Waals surface area contributed by atoms with Crippen LogP contribution in [0.2, 0.25) is 0 Å². The highest BCUT2D eigenvalue weighted by Gasteiger charge is 2.33. The van der Waals surface area contributed by atoms with E-state index in [-0.39, 0.29) is 24.7 Å². The Morgan fingerprint density at radius 2 is 1.81 bits per heavy atom. The van der Waals surface area contributed by atoms with Crippen LogP contribution in [0.25, 0.3) is 0 Å². The van der Waals surface area contributed by atoms with Gasteiger partial charge in [-0.25, -0.2) is 4.39 Å². The minimum Gasteiger partial charge on any atom is -0.481 e. The number of alkyl halides is 2. The molecule has 1 amide bonds. The molecule has 0 aromatic carbocycles. The molecule has 0 aliphatic heterocycles. The summed E-state index contributed by atoms with van der Waals surface area (Å²) in [4.78, 5) is 22.3. The lowest BCUT2D eigenvalue weighted by Gasteiger charge is -2.28. The number of aliphatic carboxylic acids is 1. The lowest BCUT2D eigenvalue weighted by atomic mass is 9.87. The summed E-state index contributed by atoms with van der Waals surface area (Å²) in [6, 6.07) is 0. The maximum absolute atomic E-state index is 13.1. The first-order valence-corrected chi connectivity index (χ1v) is 8.22. The predicted octanol–water partition coefficient (Wildman–Crippen LogP) is 3.27. The van der Waals surface area contributed by atoms with E-state index >= 15 is 0 Å². The number of unbranched alkanes of at least 4 members (excludes halogenated alkanes) is 4. The number of carbonyl (C=O) groups excluding carboxylic acids is 1. The third-order valence-corrected chi connectivity index (χ3v) is 4.39. The zero-order valence-corrected chi connectivity index (χ0v) is 13.1. The number of nitrogens with one attached hydrogen (secondary N) is 1. The van der Waals surface area contributed by atoms with Crippen LogP contribution in [0.1, 0.15) is 57.8 Å². The third kappa shape index (κ3) is 7.65. The standard InChI is InChI=1S/C15H25ClFNO3/c16-13-10-11(17)7-8-12(13)15(21)18-9-5-3-1-2-4-6-14(19)20/h11-13H,1-10H2,(H,18,21)(H,19,20). The summed E-state index contributed by atoms with van der Waals surface area (Å²) in [5.41, 5.74) is 0. The van der Waals surface area contributed by atoms with Crippen molar-refractivity contribution < 1.29 is 19.1 Å². The van der Waals surface area contributed by atoms with Crippen molar-refractivity contribution in [3.8, 4) is 0 Å². The summed E-state index contributed by atoms with van der Waals surface area (Å²) < 4.78 is 13.1. The molecule has 4 nitrogen and oxygen atoms in total. The van der Waals surface area contributed by atoms with Crippen LogP contribution in [0, 0.1) is 5.92 Å². The topological polar surface area (TPSA) is 66.4 Å². The molecule has 1 fully saturated rings. The van der Waals surface area contributed by atoms with Crippen molar-refractivity contribution in [1.29, 1.82) is 0 Å². The summed E-state index contributed by atoms with van der Waals surface area (Å²) in [7, 11) is 0. The Balaban J connectivity index is 2.02. The first-order valence-electron chi connectivity index (χ1n) is 7.78. The van der Waals surface area contributed by atoms with Gasteiger partial charge >= 0.3 is 5.97 Å². The van der Waals surface area contributed by atoms with Gasteiger partial charge in [-0.05, 0) is 32.1 Å². The molecule has 0 aromatic rings. The molecule has 122 valence electrons. The number of carboxylic acid groups (broad SMARTS) is 1. The van der Waals surface area contributed by atoms with Gasteiger partial charge in [0.2, 0.25) is 5.91 Å². The Morgan fingerprint density at radius 3 is 2.48 bits per heavy atom. The zero-order valence-electron chi connectivity index (χ0n) is 12.3. The van der Waals surface area contributed by atoms with Crippen molar-refractivity contribution >= 4 is 23.5 Å². The van der Waals surface area contributed by atoms with Crippen LogP contribution in [0.3, 0.4) is 0 Å². The van der Waals surface area contributed by atoms with Crippen LogP contribution in [0.4, 0.5) is 4.39 Å². The Morgan fingerprint density at radius 1 is 1.14 bits per heavy atom. The van der Waals surface area contributed by atoms with Crippen molar-refractivity contribution in [2.24, 2.45) is 5.92 Å². The van der Waals surface area contributed by atoms with Crippen LogP contribution in [0.5, 0.6) is 0 Å². The third-order valence-electron chi connectivity index (χ3n) is 3.91. The molecule has 0 heterocycles. The summed E-state index contributed by atoms with van der Waals surface area (Å²) in [6.45, 7) is 0.608. The van der Waals surface area contributed by atoms with E-state index in [0.717, 1.165) is 25.7 Å². The van der Waals surface area contributed by atoms with Crippen molar-refractivity contribution in [1.82, 2.24) is 5.32 Å². The van der Waals surface area contributed by atoms with E-state index < -0.39 is 17.5 Å². The quantitative estimate of drug-likeness (QED) is 0.506. The van der Waals surface area contributed by atoms with E-state index in [0.29, 0.717) is 25.8 Å². The maximum Gasteiger partial charge on any atom is 0.303 e. The molecular formula is C15H25ClFNO3. The lowest BCUT2D eigenvalue weighted by Crippen LogP contribution is -2.39. The van der Waals surface area contributed by atoms with Crippen LogP contribution in [-0.2, 0) is 9.59 Å². The number of hydrogen-bond acceptors (Lipinski definition) is 2. The van der Waals surface area contributed by atoms with Crippen molar-refractivity contribution in [3.63, 3.8) is 0 Å². The van der Waals surface area contributed by atoms with E-state index in [1.165, 1.54) is 0 Å². The zero-order chi connectivity index (χ0) is 15.7. The molecule has 3 unspecified atom stereocenters. The normalized spacial score (nSPS) is 25.5. The number of halogens is 2. The summed E-state index contributed by atoms with van der Waals surface area (Å²) in [6.07, 6.45) is 5.02. The summed E-state index contributed by atoms with van der Waals surface area (Å²) in [5.74, 6) is -1.08. The van der Waals surface area contributed by atoms with E-state index in [2.05, 4.69) is 5.32 Å². The molecule has 2 N–H and O–H groups in total. The lowest BCUT2D eigenvalue weighted by molar-refractivity contribution is -0.137. The minimum atomic E-state index is -0.873. The largest absolute Gasteiger partial charge is 0.481 e. The SMILES string of the molecule is O=C(O)CCCCCCCNC(=O)C1CCC(F)CC1Cl. The molecule has 21 heavy (non-hydrogen) atoms. The number of amides is 1. The Bertz CT molecular complexity index is 341. The molecule has 0 spiro atoms.